The van der Waals surface area contributed by atoms with Crippen LogP contribution in [-0.4, -0.2) is 30.3 Å². The van der Waals surface area contributed by atoms with Crippen LogP contribution >= 0.6 is 22.9 Å². The van der Waals surface area contributed by atoms with Crippen LogP contribution in [0, 0.1) is 0 Å². The zero-order valence-corrected chi connectivity index (χ0v) is 16.9. The molecule has 6 nitrogen and oxygen atoms in total. The van der Waals surface area contributed by atoms with Crippen molar-refractivity contribution in [2.75, 3.05) is 19.5 Å². The van der Waals surface area contributed by atoms with Crippen molar-refractivity contribution >= 4 is 40.1 Å². The minimum absolute atomic E-state index is 0.274. The first-order valence-electron chi connectivity index (χ1n) is 8.35. The number of nitrogens with zero attached hydrogens (tertiary/aromatic N) is 2. The number of hydrogen-bond donors (Lipinski definition) is 1. The summed E-state index contributed by atoms with van der Waals surface area (Å²) < 4.78 is 10.6. The monoisotopic (exact) mass is 415 g/mol. The molecule has 3 aromatic rings. The van der Waals surface area contributed by atoms with E-state index >= 15 is 0 Å². The number of carbonyl (C=O) groups excluding carboxylic acids is 1. The number of benzene rings is 2. The fourth-order valence-corrected chi connectivity index (χ4v) is 3.34. The van der Waals surface area contributed by atoms with Crippen LogP contribution in [0.2, 0.25) is 5.02 Å². The molecule has 1 aromatic heterocycles. The number of aromatic nitrogens is 2. The summed E-state index contributed by atoms with van der Waals surface area (Å²) in [6.45, 7) is 0. The van der Waals surface area contributed by atoms with Gasteiger partial charge in [0.2, 0.25) is 11.0 Å². The first-order chi connectivity index (χ1) is 13.6. The lowest BCUT2D eigenvalue weighted by Gasteiger charge is -2.08. The van der Waals surface area contributed by atoms with Crippen molar-refractivity contribution < 1.29 is 14.3 Å². The van der Waals surface area contributed by atoms with Gasteiger partial charge >= 0.3 is 0 Å². The molecule has 0 aliphatic carbocycles. The highest BCUT2D eigenvalue weighted by molar-refractivity contribution is 7.15. The summed E-state index contributed by atoms with van der Waals surface area (Å²) in [7, 11) is 3.19. The van der Waals surface area contributed by atoms with Gasteiger partial charge < -0.3 is 9.47 Å². The van der Waals surface area contributed by atoms with E-state index in [1.807, 2.05) is 30.3 Å². The number of hydrogen-bond acceptors (Lipinski definition) is 6. The first kappa shape index (κ1) is 19.9. The van der Waals surface area contributed by atoms with E-state index < -0.39 is 0 Å². The highest BCUT2D eigenvalue weighted by Crippen LogP contribution is 2.29. The molecule has 0 aliphatic heterocycles. The summed E-state index contributed by atoms with van der Waals surface area (Å²) in [5, 5.41) is 12.8. The summed E-state index contributed by atoms with van der Waals surface area (Å²) in [5.41, 5.74) is 1.89. The van der Waals surface area contributed by atoms with Crippen LogP contribution in [0.4, 0.5) is 5.13 Å². The highest BCUT2D eigenvalue weighted by Gasteiger charge is 2.10. The Balaban J connectivity index is 1.60. The van der Waals surface area contributed by atoms with Crippen LogP contribution < -0.4 is 14.8 Å². The Hall–Kier alpha value is -2.90. The van der Waals surface area contributed by atoms with Crippen LogP contribution in [0.5, 0.6) is 11.5 Å². The maximum atomic E-state index is 12.1. The fraction of sp³-hybridized carbons (Fsp3) is 0.150. The topological polar surface area (TPSA) is 73.3 Å². The second-order valence-electron chi connectivity index (χ2n) is 5.74. The van der Waals surface area contributed by atoms with Gasteiger partial charge in [-0.3, -0.25) is 10.1 Å². The molecule has 0 fully saturated rings. The number of ether oxygens (including phenoxy) is 2. The van der Waals surface area contributed by atoms with E-state index in [1.165, 1.54) is 17.4 Å². The number of halogens is 1. The van der Waals surface area contributed by atoms with Crippen molar-refractivity contribution in [2.45, 2.75) is 6.42 Å². The highest BCUT2D eigenvalue weighted by atomic mass is 35.5. The maximum Gasteiger partial charge on any atom is 0.250 e. The molecule has 1 heterocycles. The number of anilines is 1. The Kier molecular flexibility index (Phi) is 6.62. The van der Waals surface area contributed by atoms with Crippen LogP contribution in [-0.2, 0) is 11.2 Å². The lowest BCUT2D eigenvalue weighted by Crippen LogP contribution is -2.07. The number of nitrogens with one attached hydrogen (secondary N) is 1. The SMILES string of the molecule is COc1ccc(Cc2nnc(NC(=O)/C=C/c3ccc(Cl)cc3)s2)cc1OC. The molecule has 0 radical (unpaired) electrons. The molecular formula is C20H18ClN3O3S. The quantitative estimate of drug-likeness (QED) is 0.577. The number of amides is 1. The molecule has 3 rings (SSSR count). The first-order valence-corrected chi connectivity index (χ1v) is 9.54. The van der Waals surface area contributed by atoms with Crippen molar-refractivity contribution in [2.24, 2.45) is 0 Å². The van der Waals surface area contributed by atoms with Gasteiger partial charge in [-0.1, -0.05) is 41.1 Å². The molecule has 28 heavy (non-hydrogen) atoms. The van der Waals surface area contributed by atoms with Gasteiger partial charge in [-0.05, 0) is 41.5 Å². The normalized spacial score (nSPS) is 10.8. The maximum absolute atomic E-state index is 12.1. The average molecular weight is 416 g/mol. The van der Waals surface area contributed by atoms with E-state index in [0.29, 0.717) is 28.1 Å². The van der Waals surface area contributed by atoms with Gasteiger partial charge in [0, 0.05) is 17.5 Å². The molecule has 2 aromatic carbocycles. The summed E-state index contributed by atoms with van der Waals surface area (Å²) in [5.74, 6) is 1.05. The third-order valence-electron chi connectivity index (χ3n) is 3.80. The van der Waals surface area contributed by atoms with E-state index in [9.17, 15) is 4.79 Å². The second kappa shape index (κ2) is 9.34. The fourth-order valence-electron chi connectivity index (χ4n) is 2.43. The summed E-state index contributed by atoms with van der Waals surface area (Å²) in [6, 6.07) is 12.9. The van der Waals surface area contributed by atoms with Crippen molar-refractivity contribution in [3.8, 4) is 11.5 Å². The smallest absolute Gasteiger partial charge is 0.250 e. The van der Waals surface area contributed by atoms with E-state index in [1.54, 1.807) is 32.4 Å². The molecular weight excluding hydrogens is 398 g/mol. The zero-order chi connectivity index (χ0) is 19.9. The van der Waals surface area contributed by atoms with Crippen molar-refractivity contribution in [1.82, 2.24) is 10.2 Å². The molecule has 0 aliphatic rings. The van der Waals surface area contributed by atoms with Gasteiger partial charge in [0.05, 0.1) is 14.2 Å². The average Bonchev–Trinajstić information content (AvgIpc) is 3.14. The van der Waals surface area contributed by atoms with Crippen molar-refractivity contribution in [3.63, 3.8) is 0 Å². The number of methoxy groups -OCH3 is 2. The lowest BCUT2D eigenvalue weighted by molar-refractivity contribution is -0.111. The van der Waals surface area contributed by atoms with Gasteiger partial charge in [-0.2, -0.15) is 0 Å². The molecule has 1 N–H and O–H groups in total. The molecule has 0 atom stereocenters. The van der Waals surface area contributed by atoms with Crippen LogP contribution in [0.1, 0.15) is 16.1 Å². The number of carbonyl (C=O) groups is 1. The molecule has 0 spiro atoms. The van der Waals surface area contributed by atoms with E-state index in [0.717, 1.165) is 16.1 Å². The molecule has 144 valence electrons. The Labute approximate surface area is 171 Å². The number of rotatable bonds is 7. The van der Waals surface area contributed by atoms with Gasteiger partial charge in [-0.25, -0.2) is 0 Å². The lowest BCUT2D eigenvalue weighted by atomic mass is 10.1. The van der Waals surface area contributed by atoms with Crippen LogP contribution in [0.25, 0.3) is 6.08 Å². The van der Waals surface area contributed by atoms with Gasteiger partial charge in [0.1, 0.15) is 5.01 Å². The van der Waals surface area contributed by atoms with Crippen molar-refractivity contribution in [3.05, 3.63) is 69.7 Å². The minimum atomic E-state index is -0.274. The standard InChI is InChI=1S/C20H18ClN3O3S/c1-26-16-9-5-14(11-17(16)27-2)12-19-23-24-20(28-19)22-18(25)10-6-13-3-7-15(21)8-4-13/h3-11H,12H2,1-2H3,(H,22,24,25)/b10-6+. The van der Waals surface area contributed by atoms with Gasteiger partial charge in [-0.15, -0.1) is 10.2 Å². The van der Waals surface area contributed by atoms with Crippen LogP contribution in [0.3, 0.4) is 0 Å². The summed E-state index contributed by atoms with van der Waals surface area (Å²) in [6.07, 6.45) is 3.73. The minimum Gasteiger partial charge on any atom is -0.493 e. The molecule has 0 unspecified atom stereocenters. The Morgan fingerprint density at radius 3 is 2.57 bits per heavy atom. The third kappa shape index (κ3) is 5.31. The summed E-state index contributed by atoms with van der Waals surface area (Å²) in [4.78, 5) is 12.1. The molecule has 0 saturated heterocycles. The van der Waals surface area contributed by atoms with E-state index in [-0.39, 0.29) is 5.91 Å². The third-order valence-corrected chi connectivity index (χ3v) is 4.89. The van der Waals surface area contributed by atoms with E-state index in [2.05, 4.69) is 15.5 Å². The Morgan fingerprint density at radius 2 is 1.86 bits per heavy atom. The summed E-state index contributed by atoms with van der Waals surface area (Å²) >= 11 is 7.17. The molecule has 0 bridgehead atoms. The zero-order valence-electron chi connectivity index (χ0n) is 15.3. The molecule has 1 amide bonds. The van der Waals surface area contributed by atoms with Crippen LogP contribution in [0.15, 0.2) is 48.5 Å². The van der Waals surface area contributed by atoms with Crippen molar-refractivity contribution in [1.29, 1.82) is 0 Å². The van der Waals surface area contributed by atoms with Gasteiger partial charge in [0.25, 0.3) is 0 Å². The van der Waals surface area contributed by atoms with E-state index in [4.69, 9.17) is 21.1 Å². The Morgan fingerprint density at radius 1 is 1.11 bits per heavy atom. The second-order valence-corrected chi connectivity index (χ2v) is 7.24. The molecule has 0 saturated carbocycles. The largest absolute Gasteiger partial charge is 0.493 e. The Bertz CT molecular complexity index is 987. The predicted octanol–water partition coefficient (Wildman–Crippen LogP) is 4.45. The molecule has 8 heteroatoms. The van der Waals surface area contributed by atoms with Gasteiger partial charge in [0.15, 0.2) is 11.5 Å². The predicted molar refractivity (Wildman–Crippen MR) is 111 cm³/mol.